The lowest BCUT2D eigenvalue weighted by Crippen LogP contribution is -2.31. The van der Waals surface area contributed by atoms with E-state index in [2.05, 4.69) is 61.1 Å². The maximum absolute atomic E-state index is 8.72. The van der Waals surface area contributed by atoms with E-state index in [0.29, 0.717) is 34.3 Å². The van der Waals surface area contributed by atoms with E-state index in [1.54, 1.807) is 6.07 Å². The number of anilines is 5. The molecule has 0 amide bonds. The maximum Gasteiger partial charge on any atom is 0.158 e. The first-order valence-corrected chi connectivity index (χ1v) is 12.2. The van der Waals surface area contributed by atoms with Crippen LogP contribution in [0.25, 0.3) is 0 Å². The van der Waals surface area contributed by atoms with Crippen molar-refractivity contribution in [2.24, 2.45) is 5.92 Å². The number of halogens is 1. The molecule has 4 aromatic rings. The summed E-state index contributed by atoms with van der Waals surface area (Å²) in [5.74, 6) is 3.61. The average Bonchev–Trinajstić information content (AvgIpc) is 2.98. The van der Waals surface area contributed by atoms with E-state index in [1.807, 2.05) is 18.2 Å². The summed E-state index contributed by atoms with van der Waals surface area (Å²) in [5.41, 5.74) is 0.536. The van der Waals surface area contributed by atoms with Crippen LogP contribution in [-0.2, 0) is 0 Å². The zero-order valence-corrected chi connectivity index (χ0v) is 21.3. The van der Waals surface area contributed by atoms with E-state index in [9.17, 15) is 0 Å². The standard InChI is InChI=1S/C15H18N8.C9H5ClN6/c16-6-12-8-20-15(9-18-12)23-14-5-13(21-10-22-14)19-7-11-1-3-17-4-2-11;10-7-1-8(15-5-14-7)16-9-4-12-6(2-11)3-13-9/h5,8-11,17H,1-4,7H2,(H2,19,20,21,22,23);1,3-5H,(H,13,14,15,16). The number of nitrogens with one attached hydrogen (secondary N) is 4. The highest BCUT2D eigenvalue weighted by Gasteiger charge is 2.12. The van der Waals surface area contributed by atoms with Gasteiger partial charge in [-0.15, -0.1) is 0 Å². The van der Waals surface area contributed by atoms with Crippen LogP contribution in [0.3, 0.4) is 0 Å². The molecule has 0 aliphatic carbocycles. The average molecular weight is 543 g/mol. The number of piperidine rings is 1. The number of nitriles is 2. The van der Waals surface area contributed by atoms with Crippen LogP contribution in [0, 0.1) is 28.6 Å². The molecule has 39 heavy (non-hydrogen) atoms. The van der Waals surface area contributed by atoms with Crippen LogP contribution in [0.15, 0.2) is 49.6 Å². The Morgan fingerprint density at radius 1 is 0.718 bits per heavy atom. The minimum Gasteiger partial charge on any atom is -0.370 e. The highest BCUT2D eigenvalue weighted by atomic mass is 35.5. The highest BCUT2D eigenvalue weighted by molar-refractivity contribution is 6.29. The van der Waals surface area contributed by atoms with Gasteiger partial charge in [-0.25, -0.2) is 39.9 Å². The summed E-state index contributed by atoms with van der Waals surface area (Å²) in [6.07, 6.45) is 10.9. The number of nitrogens with zero attached hydrogens (tertiary/aromatic N) is 10. The van der Waals surface area contributed by atoms with Crippen LogP contribution < -0.4 is 21.3 Å². The molecule has 4 aromatic heterocycles. The lowest BCUT2D eigenvalue weighted by Gasteiger charge is -2.22. The number of hydrogen-bond donors (Lipinski definition) is 4. The molecule has 0 saturated carbocycles. The summed E-state index contributed by atoms with van der Waals surface area (Å²) in [4.78, 5) is 32.0. The van der Waals surface area contributed by atoms with Gasteiger partial charge in [-0.05, 0) is 31.8 Å². The molecule has 0 bridgehead atoms. The van der Waals surface area contributed by atoms with E-state index < -0.39 is 0 Å². The Kier molecular flexibility index (Phi) is 9.72. The molecule has 4 N–H and O–H groups in total. The van der Waals surface area contributed by atoms with Gasteiger partial charge in [0.05, 0.1) is 24.8 Å². The van der Waals surface area contributed by atoms with Gasteiger partial charge in [-0.2, -0.15) is 10.5 Å². The molecule has 196 valence electrons. The fraction of sp³-hybridized carbons (Fsp3) is 0.250. The zero-order chi connectivity index (χ0) is 27.3. The van der Waals surface area contributed by atoms with E-state index >= 15 is 0 Å². The van der Waals surface area contributed by atoms with Gasteiger partial charge < -0.3 is 21.3 Å². The summed E-state index contributed by atoms with van der Waals surface area (Å²) < 4.78 is 0. The van der Waals surface area contributed by atoms with Crippen molar-refractivity contribution in [3.05, 3.63) is 66.1 Å². The van der Waals surface area contributed by atoms with E-state index in [4.69, 9.17) is 22.1 Å². The first-order valence-electron chi connectivity index (χ1n) is 11.8. The quantitative estimate of drug-likeness (QED) is 0.248. The molecule has 5 heterocycles. The zero-order valence-electron chi connectivity index (χ0n) is 20.6. The van der Waals surface area contributed by atoms with Gasteiger partial charge in [-0.3, -0.25) is 0 Å². The summed E-state index contributed by atoms with van der Waals surface area (Å²) >= 11 is 5.69. The minimum atomic E-state index is 0.256. The molecule has 1 saturated heterocycles. The predicted octanol–water partition coefficient (Wildman–Crippen LogP) is 2.83. The molecule has 0 spiro atoms. The molecule has 15 heteroatoms. The molecular formula is C24H23ClN14. The van der Waals surface area contributed by atoms with Gasteiger partial charge in [0.1, 0.15) is 59.0 Å². The SMILES string of the molecule is N#Cc1cnc(Nc2cc(Cl)ncn2)cn1.N#Cc1cnc(Nc2cc(NCC3CCNCC3)ncn2)cn1. The Morgan fingerprint density at radius 2 is 1.28 bits per heavy atom. The van der Waals surface area contributed by atoms with E-state index in [1.165, 1.54) is 50.3 Å². The normalized spacial score (nSPS) is 12.7. The second-order valence-corrected chi connectivity index (χ2v) is 8.52. The van der Waals surface area contributed by atoms with Crippen molar-refractivity contribution in [3.63, 3.8) is 0 Å². The number of hydrogen-bond acceptors (Lipinski definition) is 14. The summed E-state index contributed by atoms with van der Waals surface area (Å²) in [6, 6.07) is 7.20. The van der Waals surface area contributed by atoms with Crippen LogP contribution in [-0.4, -0.2) is 59.5 Å². The molecule has 14 nitrogen and oxygen atoms in total. The lowest BCUT2D eigenvalue weighted by molar-refractivity contribution is 0.389. The van der Waals surface area contributed by atoms with Gasteiger partial charge in [0.25, 0.3) is 0 Å². The van der Waals surface area contributed by atoms with Crippen molar-refractivity contribution in [2.45, 2.75) is 12.8 Å². The summed E-state index contributed by atoms with van der Waals surface area (Å²) in [7, 11) is 0. The smallest absolute Gasteiger partial charge is 0.158 e. The van der Waals surface area contributed by atoms with Crippen molar-refractivity contribution in [2.75, 3.05) is 35.6 Å². The van der Waals surface area contributed by atoms with Crippen LogP contribution in [0.2, 0.25) is 5.15 Å². The van der Waals surface area contributed by atoms with Gasteiger partial charge in [-0.1, -0.05) is 11.6 Å². The second kappa shape index (κ2) is 14.0. The third-order valence-electron chi connectivity index (χ3n) is 5.38. The maximum atomic E-state index is 8.72. The Bertz CT molecular complexity index is 1430. The molecule has 0 atom stereocenters. The Labute approximate surface area is 229 Å². The predicted molar refractivity (Wildman–Crippen MR) is 143 cm³/mol. The minimum absolute atomic E-state index is 0.256. The van der Waals surface area contributed by atoms with E-state index in [-0.39, 0.29) is 11.4 Å². The molecular weight excluding hydrogens is 520 g/mol. The number of aromatic nitrogens is 8. The fourth-order valence-corrected chi connectivity index (χ4v) is 3.57. The monoisotopic (exact) mass is 542 g/mol. The molecule has 1 aliphatic rings. The van der Waals surface area contributed by atoms with Gasteiger partial charge in [0.2, 0.25) is 0 Å². The van der Waals surface area contributed by atoms with Gasteiger partial charge in [0, 0.05) is 18.7 Å². The van der Waals surface area contributed by atoms with Gasteiger partial charge in [0.15, 0.2) is 11.4 Å². The largest absolute Gasteiger partial charge is 0.370 e. The highest BCUT2D eigenvalue weighted by Crippen LogP contribution is 2.16. The van der Waals surface area contributed by atoms with Crippen molar-refractivity contribution in [3.8, 4) is 12.1 Å². The first-order chi connectivity index (χ1) is 19.1. The topological polar surface area (TPSA) is 199 Å². The molecule has 0 aromatic carbocycles. The second-order valence-electron chi connectivity index (χ2n) is 8.14. The lowest BCUT2D eigenvalue weighted by atomic mass is 9.98. The van der Waals surface area contributed by atoms with Crippen molar-refractivity contribution >= 4 is 40.7 Å². The Balaban J connectivity index is 0.000000193. The number of rotatable bonds is 7. The molecule has 5 rings (SSSR count). The molecule has 0 radical (unpaired) electrons. The summed E-state index contributed by atoms with van der Waals surface area (Å²) in [6.45, 7) is 3.08. The third kappa shape index (κ3) is 8.78. The molecule has 1 aliphatic heterocycles. The first kappa shape index (κ1) is 27.0. The summed E-state index contributed by atoms with van der Waals surface area (Å²) in [5, 5.41) is 30.2. The molecule has 0 unspecified atom stereocenters. The molecule has 1 fully saturated rings. The fourth-order valence-electron chi connectivity index (χ4n) is 3.42. The van der Waals surface area contributed by atoms with Crippen LogP contribution in [0.1, 0.15) is 24.2 Å². The van der Waals surface area contributed by atoms with Gasteiger partial charge >= 0.3 is 0 Å². The third-order valence-corrected chi connectivity index (χ3v) is 5.58. The van der Waals surface area contributed by atoms with Crippen molar-refractivity contribution < 1.29 is 0 Å². The Morgan fingerprint density at radius 3 is 1.82 bits per heavy atom. The van der Waals surface area contributed by atoms with Crippen molar-refractivity contribution in [1.29, 1.82) is 10.5 Å². The van der Waals surface area contributed by atoms with Crippen LogP contribution >= 0.6 is 11.6 Å². The van der Waals surface area contributed by atoms with E-state index in [0.717, 1.165) is 25.5 Å². The van der Waals surface area contributed by atoms with Crippen LogP contribution in [0.5, 0.6) is 0 Å². The van der Waals surface area contributed by atoms with Crippen molar-refractivity contribution in [1.82, 2.24) is 45.2 Å². The van der Waals surface area contributed by atoms with Crippen LogP contribution in [0.4, 0.5) is 29.1 Å². The Hall–Kier alpha value is -5.05.